The van der Waals surface area contributed by atoms with Gasteiger partial charge in [-0.15, -0.1) is 0 Å². The van der Waals surface area contributed by atoms with Gasteiger partial charge >= 0.3 is 0 Å². The first-order valence-corrected chi connectivity index (χ1v) is 21.9. The molecule has 9 aromatic carbocycles. The zero-order chi connectivity index (χ0) is 41.6. The van der Waals surface area contributed by atoms with Crippen molar-refractivity contribution >= 4 is 39.0 Å². The van der Waals surface area contributed by atoms with Gasteiger partial charge in [0.2, 0.25) is 0 Å². The van der Waals surface area contributed by atoms with Gasteiger partial charge in [0.05, 0.1) is 16.5 Å². The van der Waals surface area contributed by atoms with E-state index in [0.29, 0.717) is 0 Å². The molecule has 2 nitrogen and oxygen atoms in total. The van der Waals surface area contributed by atoms with Crippen molar-refractivity contribution in [3.8, 4) is 33.4 Å². The van der Waals surface area contributed by atoms with Gasteiger partial charge in [-0.2, -0.15) is 0 Å². The summed E-state index contributed by atoms with van der Waals surface area (Å²) < 4.78 is 6.58. The van der Waals surface area contributed by atoms with Crippen LogP contribution in [0.4, 0.5) is 17.1 Å². The summed E-state index contributed by atoms with van der Waals surface area (Å²) in [6.07, 6.45) is 0.932. The van der Waals surface area contributed by atoms with Crippen LogP contribution in [0.25, 0.3) is 55.3 Å². The molecular formula is C60H45NO. The second-order valence-electron chi connectivity index (χ2n) is 17.4. The number of nitrogens with zero attached hydrogens (tertiary/aromatic N) is 1. The number of hydrogen-bond acceptors (Lipinski definition) is 2. The molecule has 0 saturated carbocycles. The molecule has 1 aromatic heterocycles. The van der Waals surface area contributed by atoms with Crippen LogP contribution in [0.3, 0.4) is 0 Å². The minimum atomic E-state index is -0.539. The molecule has 0 N–H and O–H groups in total. The standard InChI is InChI=1S/C60H45NO/c1-4-39-19-8-12-29-50(39)60(41-21-6-5-7-22-41)52-31-14-10-24-45(52)47-36-35-43(38-53(47)60)61(54-32-18-34-56-57(54)49-26-11-15-33-55(49)62-56)42-23-16-20-40(37-42)44-27-17-28-48-46-25-9-13-30-51(46)59(2,3)58(44)48/h5-38H,4H2,1-3H3. The van der Waals surface area contributed by atoms with Crippen LogP contribution in [-0.2, 0) is 17.3 Å². The van der Waals surface area contributed by atoms with Gasteiger partial charge in [-0.3, -0.25) is 0 Å². The van der Waals surface area contributed by atoms with Crippen molar-refractivity contribution in [2.24, 2.45) is 0 Å². The Labute approximate surface area is 363 Å². The van der Waals surface area contributed by atoms with Crippen molar-refractivity contribution in [3.05, 3.63) is 245 Å². The summed E-state index contributed by atoms with van der Waals surface area (Å²) in [5.41, 5.74) is 21.3. The van der Waals surface area contributed by atoms with Gasteiger partial charge in [-0.05, 0) is 121 Å². The maximum atomic E-state index is 6.58. The van der Waals surface area contributed by atoms with Gasteiger partial charge in [0.15, 0.2) is 0 Å². The van der Waals surface area contributed by atoms with Crippen molar-refractivity contribution in [2.45, 2.75) is 38.0 Å². The zero-order valence-corrected chi connectivity index (χ0v) is 35.2. The first-order chi connectivity index (χ1) is 30.5. The monoisotopic (exact) mass is 795 g/mol. The van der Waals surface area contributed by atoms with E-state index in [0.717, 1.165) is 45.4 Å². The van der Waals surface area contributed by atoms with Gasteiger partial charge in [0, 0.05) is 22.2 Å². The molecule has 0 saturated heterocycles. The highest BCUT2D eigenvalue weighted by molar-refractivity contribution is 6.13. The second-order valence-corrected chi connectivity index (χ2v) is 17.4. The minimum absolute atomic E-state index is 0.149. The molecule has 296 valence electrons. The largest absolute Gasteiger partial charge is 0.456 e. The molecule has 12 rings (SSSR count). The molecule has 2 heteroatoms. The molecule has 0 spiro atoms. The lowest BCUT2D eigenvalue weighted by Gasteiger charge is -2.36. The van der Waals surface area contributed by atoms with Crippen LogP contribution < -0.4 is 4.90 Å². The molecule has 62 heavy (non-hydrogen) atoms. The van der Waals surface area contributed by atoms with Gasteiger partial charge in [-0.1, -0.05) is 185 Å². The third kappa shape index (κ3) is 5.10. The van der Waals surface area contributed by atoms with E-state index < -0.39 is 5.41 Å². The Morgan fingerprint density at radius 3 is 1.90 bits per heavy atom. The topological polar surface area (TPSA) is 16.4 Å². The lowest BCUT2D eigenvalue weighted by Crippen LogP contribution is -2.30. The molecule has 10 aromatic rings. The lowest BCUT2D eigenvalue weighted by atomic mass is 9.66. The predicted molar refractivity (Wildman–Crippen MR) is 258 cm³/mol. The molecule has 1 atom stereocenters. The Morgan fingerprint density at radius 1 is 0.452 bits per heavy atom. The van der Waals surface area contributed by atoms with E-state index in [2.05, 4.69) is 232 Å². The number of hydrogen-bond donors (Lipinski definition) is 0. The van der Waals surface area contributed by atoms with Crippen molar-refractivity contribution in [1.29, 1.82) is 0 Å². The fraction of sp³-hybridized carbons (Fsp3) is 0.100. The summed E-state index contributed by atoms with van der Waals surface area (Å²) in [5, 5.41) is 2.20. The Hall–Kier alpha value is -7.42. The number of aryl methyl sites for hydroxylation is 1. The molecule has 2 aliphatic carbocycles. The average Bonchev–Trinajstić information content (AvgIpc) is 3.94. The quantitative estimate of drug-likeness (QED) is 0.160. The molecule has 0 aliphatic heterocycles. The zero-order valence-electron chi connectivity index (χ0n) is 35.2. The van der Waals surface area contributed by atoms with E-state index in [-0.39, 0.29) is 5.41 Å². The number of para-hydroxylation sites is 1. The predicted octanol–water partition coefficient (Wildman–Crippen LogP) is 16.0. The Kier molecular flexibility index (Phi) is 8.11. The van der Waals surface area contributed by atoms with Gasteiger partial charge in [0.1, 0.15) is 11.2 Å². The maximum absolute atomic E-state index is 6.58. The maximum Gasteiger partial charge on any atom is 0.137 e. The summed E-state index contributed by atoms with van der Waals surface area (Å²) in [6.45, 7) is 7.03. The summed E-state index contributed by atoms with van der Waals surface area (Å²) in [6, 6.07) is 76.3. The lowest BCUT2D eigenvalue weighted by molar-refractivity contribution is 0.662. The third-order valence-electron chi connectivity index (χ3n) is 13.9. The van der Waals surface area contributed by atoms with Crippen LogP contribution in [0.15, 0.2) is 211 Å². The number of furan rings is 1. The van der Waals surface area contributed by atoms with E-state index in [9.17, 15) is 0 Å². The number of fused-ring (bicyclic) bond motifs is 9. The SMILES string of the molecule is CCc1ccccc1C1(c2ccccc2)c2ccccc2-c2ccc(N(c3cccc(-c4cccc5c4C(C)(C)c4ccccc4-5)c3)c3cccc4oc5ccccc5c34)cc21. The smallest absolute Gasteiger partial charge is 0.137 e. The number of anilines is 3. The number of benzene rings is 9. The molecule has 0 fully saturated rings. The molecule has 1 unspecified atom stereocenters. The first kappa shape index (κ1) is 36.4. The molecule has 0 amide bonds. The van der Waals surface area contributed by atoms with Crippen molar-refractivity contribution in [3.63, 3.8) is 0 Å². The fourth-order valence-corrected chi connectivity index (χ4v) is 11.3. The Bertz CT molecular complexity index is 3390. The fourth-order valence-electron chi connectivity index (χ4n) is 11.3. The second kappa shape index (κ2) is 13.8. The van der Waals surface area contributed by atoms with Crippen molar-refractivity contribution < 1.29 is 4.42 Å². The van der Waals surface area contributed by atoms with Crippen LogP contribution in [-0.4, -0.2) is 0 Å². The molecule has 0 radical (unpaired) electrons. The Morgan fingerprint density at radius 2 is 1.06 bits per heavy atom. The van der Waals surface area contributed by atoms with Crippen LogP contribution in [0, 0.1) is 0 Å². The molecule has 0 bridgehead atoms. The third-order valence-corrected chi connectivity index (χ3v) is 13.9. The summed E-state index contributed by atoms with van der Waals surface area (Å²) >= 11 is 0. The highest BCUT2D eigenvalue weighted by atomic mass is 16.3. The van der Waals surface area contributed by atoms with Gasteiger partial charge in [-0.25, -0.2) is 0 Å². The normalized spacial score (nSPS) is 15.6. The van der Waals surface area contributed by atoms with E-state index >= 15 is 0 Å². The minimum Gasteiger partial charge on any atom is -0.456 e. The van der Waals surface area contributed by atoms with Crippen molar-refractivity contribution in [2.75, 3.05) is 4.90 Å². The molecule has 1 heterocycles. The van der Waals surface area contributed by atoms with E-state index in [4.69, 9.17) is 4.42 Å². The van der Waals surface area contributed by atoms with Crippen LogP contribution in [0.2, 0.25) is 0 Å². The molecular weight excluding hydrogens is 751 g/mol. The van der Waals surface area contributed by atoms with E-state index in [1.807, 2.05) is 0 Å². The number of rotatable bonds is 7. The highest BCUT2D eigenvalue weighted by Crippen LogP contribution is 2.59. The van der Waals surface area contributed by atoms with Crippen LogP contribution in [0.1, 0.15) is 59.7 Å². The van der Waals surface area contributed by atoms with E-state index in [1.54, 1.807) is 0 Å². The molecule has 2 aliphatic rings. The first-order valence-electron chi connectivity index (χ1n) is 21.9. The highest BCUT2D eigenvalue weighted by Gasteiger charge is 2.47. The van der Waals surface area contributed by atoms with E-state index in [1.165, 1.54) is 72.3 Å². The summed E-state index contributed by atoms with van der Waals surface area (Å²) in [5.74, 6) is 0. The van der Waals surface area contributed by atoms with Crippen LogP contribution in [0.5, 0.6) is 0 Å². The summed E-state index contributed by atoms with van der Waals surface area (Å²) in [4.78, 5) is 2.47. The van der Waals surface area contributed by atoms with Crippen LogP contribution >= 0.6 is 0 Å². The van der Waals surface area contributed by atoms with Gasteiger partial charge < -0.3 is 9.32 Å². The van der Waals surface area contributed by atoms with Crippen molar-refractivity contribution in [1.82, 2.24) is 0 Å². The Balaban J connectivity index is 1.14. The summed E-state index contributed by atoms with van der Waals surface area (Å²) in [7, 11) is 0. The van der Waals surface area contributed by atoms with Gasteiger partial charge in [0.25, 0.3) is 0 Å². The average molecular weight is 796 g/mol.